The molecule has 0 heterocycles. The maximum absolute atomic E-state index is 14.2. The van der Waals surface area contributed by atoms with E-state index in [0.29, 0.717) is 0 Å². The van der Waals surface area contributed by atoms with Crippen molar-refractivity contribution in [2.24, 2.45) is 0 Å². The average Bonchev–Trinajstić information content (AvgIpc) is 2.66. The molecule has 0 N–H and O–H groups in total. The maximum atomic E-state index is 14.2. The van der Waals surface area contributed by atoms with Crippen molar-refractivity contribution in [3.63, 3.8) is 0 Å². The Morgan fingerprint density at radius 3 is 1.76 bits per heavy atom. The molecule has 2 atom stereocenters. The van der Waals surface area contributed by atoms with Crippen LogP contribution in [0, 0.1) is 0 Å². The monoisotopic (exact) mass is 515 g/mol. The number of carbonyl (C=O) groups is 2. The van der Waals surface area contributed by atoms with E-state index in [9.17, 15) is 62.3 Å². The van der Waals surface area contributed by atoms with Gasteiger partial charge in [0, 0.05) is 19.2 Å². The number of esters is 2. The summed E-state index contributed by atoms with van der Waals surface area (Å²) in [4.78, 5) is 23.5. The second kappa shape index (κ2) is 10.8. The van der Waals surface area contributed by atoms with Crippen LogP contribution >= 0.6 is 0 Å². The Hall–Kier alpha value is -2.20. The summed E-state index contributed by atoms with van der Waals surface area (Å²) in [6.07, 6.45) is -27.5. The molecule has 0 saturated heterocycles. The average molecular weight is 515 g/mol. The van der Waals surface area contributed by atoms with E-state index in [1.807, 2.05) is 0 Å². The van der Waals surface area contributed by atoms with E-state index in [2.05, 4.69) is 16.1 Å². The Morgan fingerprint density at radius 1 is 0.879 bits per heavy atom. The molecule has 0 spiro atoms. The van der Waals surface area contributed by atoms with Crippen LogP contribution in [0.3, 0.4) is 0 Å². The van der Waals surface area contributed by atoms with Crippen molar-refractivity contribution in [3.8, 4) is 0 Å². The molecule has 2 unspecified atom stereocenters. The highest BCUT2D eigenvalue weighted by Crippen LogP contribution is 2.55. The van der Waals surface area contributed by atoms with Crippen molar-refractivity contribution in [3.05, 3.63) is 12.7 Å². The zero-order chi connectivity index (χ0) is 26.5. The van der Waals surface area contributed by atoms with Crippen molar-refractivity contribution in [2.75, 3.05) is 33.4 Å². The topological polar surface area (TPSA) is 55.8 Å². The van der Waals surface area contributed by atoms with Crippen molar-refractivity contribution in [2.45, 2.75) is 42.5 Å². The van der Waals surface area contributed by atoms with Gasteiger partial charge in [-0.1, -0.05) is 6.58 Å². The summed E-state index contributed by atoms with van der Waals surface area (Å²) in [7, 11) is 1.28. The Balaban J connectivity index is 5.37. The lowest BCUT2D eigenvalue weighted by Gasteiger charge is -2.39. The van der Waals surface area contributed by atoms with Gasteiger partial charge in [0.05, 0.1) is 6.42 Å². The van der Waals surface area contributed by atoms with Gasteiger partial charge in [0.1, 0.15) is 13.2 Å². The molecular weight excluding hydrogens is 498 g/mol. The number of rotatable bonds is 11. The summed E-state index contributed by atoms with van der Waals surface area (Å²) < 4.78 is 164. The van der Waals surface area contributed by atoms with Crippen LogP contribution in [0.25, 0.3) is 0 Å². The number of hydrogen-bond donors (Lipinski definition) is 0. The minimum atomic E-state index is -7.34. The van der Waals surface area contributed by atoms with Crippen LogP contribution in [0.15, 0.2) is 12.7 Å². The van der Waals surface area contributed by atoms with Crippen LogP contribution in [0.4, 0.5) is 52.7 Å². The van der Waals surface area contributed by atoms with Crippen molar-refractivity contribution >= 4 is 11.9 Å². The number of ether oxygens (including phenoxy) is 2. The fourth-order valence-electron chi connectivity index (χ4n) is 2.07. The number of likely N-dealkylation sites (N-methyl/N-ethyl adjacent to an activating group) is 1. The van der Waals surface area contributed by atoms with Gasteiger partial charge in [-0.15, -0.1) is 0 Å². The predicted octanol–water partition coefficient (Wildman–Crippen LogP) is 4.02. The van der Waals surface area contributed by atoms with Crippen LogP contribution in [0.5, 0.6) is 0 Å². The molecule has 0 aliphatic rings. The molecule has 5 nitrogen and oxygen atoms in total. The van der Waals surface area contributed by atoms with Gasteiger partial charge < -0.3 is 14.4 Å². The summed E-state index contributed by atoms with van der Waals surface area (Å²) in [5.41, 5.74) is -13.5. The molecule has 0 saturated carbocycles. The van der Waals surface area contributed by atoms with E-state index in [-0.39, 0.29) is 19.7 Å². The third-order valence-electron chi connectivity index (χ3n) is 4.07. The van der Waals surface area contributed by atoms with Gasteiger partial charge in [0.25, 0.3) is 5.67 Å². The van der Waals surface area contributed by atoms with Gasteiger partial charge in [0.2, 0.25) is 0 Å². The van der Waals surface area contributed by atoms with E-state index >= 15 is 0 Å². The molecule has 0 aromatic heterocycles. The number of alkyl halides is 12. The van der Waals surface area contributed by atoms with E-state index in [4.69, 9.17) is 0 Å². The summed E-state index contributed by atoms with van der Waals surface area (Å²) in [5.74, 6) is -2.59. The Labute approximate surface area is 178 Å². The smallest absolute Gasteiger partial charge is 0.434 e. The molecule has 0 aromatic carbocycles. The van der Waals surface area contributed by atoms with Gasteiger partial charge in [-0.25, -0.2) is 18.0 Å². The van der Waals surface area contributed by atoms with Crippen molar-refractivity contribution < 1.29 is 71.7 Å². The molecule has 0 rings (SSSR count). The third-order valence-corrected chi connectivity index (χ3v) is 4.07. The van der Waals surface area contributed by atoms with E-state index in [1.54, 1.807) is 0 Å². The second-order valence-corrected chi connectivity index (χ2v) is 6.52. The highest BCUT2D eigenvalue weighted by Gasteiger charge is 2.84. The largest absolute Gasteiger partial charge is 0.462 e. The third kappa shape index (κ3) is 7.40. The van der Waals surface area contributed by atoms with E-state index in [0.717, 1.165) is 6.08 Å². The second-order valence-electron chi connectivity index (χ2n) is 6.52. The lowest BCUT2D eigenvalue weighted by Crippen LogP contribution is -2.69. The van der Waals surface area contributed by atoms with Gasteiger partial charge in [-0.05, 0) is 7.05 Å². The van der Waals surface area contributed by atoms with Gasteiger partial charge in [0.15, 0.2) is 6.17 Å². The van der Waals surface area contributed by atoms with Crippen LogP contribution in [-0.2, 0) is 19.1 Å². The lowest BCUT2D eigenvalue weighted by atomic mass is 9.85. The summed E-state index contributed by atoms with van der Waals surface area (Å²) in [6, 6.07) is 0. The summed E-state index contributed by atoms with van der Waals surface area (Å²) in [5, 5.41) is 0. The van der Waals surface area contributed by atoms with Crippen LogP contribution in [0.1, 0.15) is 6.42 Å². The molecule has 33 heavy (non-hydrogen) atoms. The first-order valence-electron chi connectivity index (χ1n) is 8.50. The fourth-order valence-corrected chi connectivity index (χ4v) is 2.07. The lowest BCUT2D eigenvalue weighted by molar-refractivity contribution is -0.384. The molecule has 0 aliphatic carbocycles. The molecule has 0 radical (unpaired) electrons. The number of carbonyl (C=O) groups excluding carboxylic acids is 2. The summed E-state index contributed by atoms with van der Waals surface area (Å²) in [6.45, 7) is -0.606. The highest BCUT2D eigenvalue weighted by molar-refractivity contribution is 5.81. The molecule has 0 fully saturated rings. The van der Waals surface area contributed by atoms with Gasteiger partial charge in [-0.2, -0.15) is 39.5 Å². The van der Waals surface area contributed by atoms with Gasteiger partial charge >= 0.3 is 36.1 Å². The molecule has 194 valence electrons. The molecule has 17 heteroatoms. The van der Waals surface area contributed by atoms with Crippen LogP contribution in [-0.4, -0.2) is 86.2 Å². The zero-order valence-electron chi connectivity index (χ0n) is 16.5. The predicted molar refractivity (Wildman–Crippen MR) is 85.0 cm³/mol. The highest BCUT2D eigenvalue weighted by atomic mass is 19.4. The molecule has 0 aromatic rings. The van der Waals surface area contributed by atoms with Crippen LogP contribution < -0.4 is 0 Å². The van der Waals surface area contributed by atoms with Crippen molar-refractivity contribution in [1.82, 2.24) is 4.90 Å². The SMILES string of the molecule is C=CC(=O)OCCN(C)CCC(=O)OCC(F)(C(F)C(F)(C(F)(F)F)C(F)(F)F)C(F)(F)F. The van der Waals surface area contributed by atoms with E-state index < -0.39 is 61.0 Å². The van der Waals surface area contributed by atoms with Gasteiger partial charge in [-0.3, -0.25) is 4.79 Å². The Kier molecular flexibility index (Phi) is 10.1. The maximum Gasteiger partial charge on any atom is 0.434 e. The first kappa shape index (κ1) is 30.8. The Morgan fingerprint density at radius 2 is 1.36 bits per heavy atom. The molecule has 0 amide bonds. The standard InChI is InChI=1S/C16H17F12NO4/c1-3-9(30)32-7-6-29(2)5-4-10(31)33-8-12(18,14(20,21)22)11(17)13(19,15(23,24)25)16(26,27)28/h3,11H,1,4-8H2,2H3. The van der Waals surface area contributed by atoms with E-state index in [1.165, 1.54) is 11.9 Å². The molecule has 0 aliphatic heterocycles. The first-order chi connectivity index (χ1) is 14.6. The first-order valence-corrected chi connectivity index (χ1v) is 8.50. The number of hydrogen-bond acceptors (Lipinski definition) is 5. The quantitative estimate of drug-likeness (QED) is 0.237. The normalized spacial score (nSPS) is 16.2. The molecular formula is C16H17F12NO4. The van der Waals surface area contributed by atoms with Crippen LogP contribution in [0.2, 0.25) is 0 Å². The zero-order valence-corrected chi connectivity index (χ0v) is 16.5. The number of nitrogens with zero attached hydrogens (tertiary/aromatic N) is 1. The number of halogens is 12. The minimum absolute atomic E-state index is 0.0590. The Bertz CT molecular complexity index is 676. The molecule has 0 bridgehead atoms. The fraction of sp³-hybridized carbons (Fsp3) is 0.750. The summed E-state index contributed by atoms with van der Waals surface area (Å²) >= 11 is 0. The minimum Gasteiger partial charge on any atom is -0.462 e. The van der Waals surface area contributed by atoms with Crippen molar-refractivity contribution in [1.29, 1.82) is 0 Å².